The molecule has 1 unspecified atom stereocenters. The number of hydrogen-bond donors (Lipinski definition) is 0. The highest BCUT2D eigenvalue weighted by Crippen LogP contribution is 2.30. The van der Waals surface area contributed by atoms with Gasteiger partial charge in [-0.2, -0.15) is 0 Å². The van der Waals surface area contributed by atoms with Crippen LogP contribution in [0.1, 0.15) is 76.8 Å². The third-order valence-electron chi connectivity index (χ3n) is 5.76. The lowest BCUT2D eigenvalue weighted by molar-refractivity contribution is -0.134. The molecule has 0 N–H and O–H groups in total. The van der Waals surface area contributed by atoms with Gasteiger partial charge in [0.25, 0.3) is 0 Å². The van der Waals surface area contributed by atoms with Gasteiger partial charge in [-0.05, 0) is 43.0 Å². The lowest BCUT2D eigenvalue weighted by Gasteiger charge is -2.29. The Kier molecular flexibility index (Phi) is 11.0. The van der Waals surface area contributed by atoms with Gasteiger partial charge in [0.15, 0.2) is 11.5 Å². The number of hydrogen-bond acceptors (Lipinski definition) is 3. The number of carbonyl (C=O) groups excluding carboxylic acids is 1. The largest absolute Gasteiger partial charge is 0.493 e. The maximum atomic E-state index is 13.0. The molecule has 0 aliphatic rings. The van der Waals surface area contributed by atoms with Crippen LogP contribution in [-0.2, 0) is 17.9 Å². The minimum absolute atomic E-state index is 0.207. The van der Waals surface area contributed by atoms with Crippen molar-refractivity contribution < 1.29 is 14.3 Å². The van der Waals surface area contributed by atoms with E-state index in [0.717, 1.165) is 30.4 Å². The van der Waals surface area contributed by atoms with Crippen molar-refractivity contribution in [3.05, 3.63) is 59.7 Å². The van der Waals surface area contributed by atoms with Crippen molar-refractivity contribution in [1.82, 2.24) is 4.90 Å². The predicted molar refractivity (Wildman–Crippen MR) is 127 cm³/mol. The van der Waals surface area contributed by atoms with E-state index in [-0.39, 0.29) is 11.9 Å². The number of ether oxygens (including phenoxy) is 2. The Morgan fingerprint density at radius 3 is 2.35 bits per heavy atom. The summed E-state index contributed by atoms with van der Waals surface area (Å²) in [4.78, 5) is 15.0. The average molecular weight is 426 g/mol. The molecule has 0 aliphatic carbocycles. The SMILES string of the molecule is CCCCCCCC(=O)N(Cc1ccc(OC)c(OCc2ccccc2)c1)C(C)CC. The Labute approximate surface area is 188 Å². The highest BCUT2D eigenvalue weighted by atomic mass is 16.5. The minimum atomic E-state index is 0.207. The summed E-state index contributed by atoms with van der Waals surface area (Å²) in [6.07, 6.45) is 7.36. The quantitative estimate of drug-likeness (QED) is 0.314. The van der Waals surface area contributed by atoms with Gasteiger partial charge < -0.3 is 14.4 Å². The van der Waals surface area contributed by atoms with Gasteiger partial charge in [-0.25, -0.2) is 0 Å². The van der Waals surface area contributed by atoms with Gasteiger partial charge in [0.1, 0.15) is 6.61 Å². The highest BCUT2D eigenvalue weighted by molar-refractivity contribution is 5.76. The fourth-order valence-electron chi connectivity index (χ4n) is 3.60. The van der Waals surface area contributed by atoms with E-state index < -0.39 is 0 Å². The van der Waals surface area contributed by atoms with E-state index in [1.54, 1.807) is 7.11 Å². The predicted octanol–water partition coefficient (Wildman–Crippen LogP) is 6.76. The molecule has 0 aromatic heterocycles. The number of methoxy groups -OCH3 is 1. The van der Waals surface area contributed by atoms with Crippen LogP contribution in [0.2, 0.25) is 0 Å². The third-order valence-corrected chi connectivity index (χ3v) is 5.76. The molecule has 0 fully saturated rings. The van der Waals surface area contributed by atoms with E-state index in [1.807, 2.05) is 53.4 Å². The topological polar surface area (TPSA) is 38.8 Å². The highest BCUT2D eigenvalue weighted by Gasteiger charge is 2.19. The van der Waals surface area contributed by atoms with Crippen LogP contribution in [0.3, 0.4) is 0 Å². The Morgan fingerprint density at radius 1 is 0.935 bits per heavy atom. The van der Waals surface area contributed by atoms with Gasteiger partial charge in [-0.1, -0.05) is 75.9 Å². The van der Waals surface area contributed by atoms with Crippen molar-refractivity contribution in [2.24, 2.45) is 0 Å². The number of unbranched alkanes of at least 4 members (excludes halogenated alkanes) is 4. The first-order valence-electron chi connectivity index (χ1n) is 11.7. The van der Waals surface area contributed by atoms with Crippen LogP contribution in [0.4, 0.5) is 0 Å². The molecule has 1 amide bonds. The number of nitrogens with zero attached hydrogens (tertiary/aromatic N) is 1. The molecule has 4 heteroatoms. The molecule has 1 atom stereocenters. The summed E-state index contributed by atoms with van der Waals surface area (Å²) >= 11 is 0. The summed E-state index contributed by atoms with van der Waals surface area (Å²) in [5.74, 6) is 1.66. The van der Waals surface area contributed by atoms with Gasteiger partial charge in [0.2, 0.25) is 5.91 Å². The van der Waals surface area contributed by atoms with Crippen molar-refractivity contribution in [2.45, 2.75) is 84.9 Å². The van der Waals surface area contributed by atoms with Gasteiger partial charge in [-0.15, -0.1) is 0 Å². The van der Waals surface area contributed by atoms with Gasteiger partial charge in [-0.3, -0.25) is 4.79 Å². The molecule has 0 saturated heterocycles. The molecule has 2 aromatic carbocycles. The molecule has 2 aromatic rings. The van der Waals surface area contributed by atoms with E-state index in [2.05, 4.69) is 20.8 Å². The number of benzene rings is 2. The molecule has 4 nitrogen and oxygen atoms in total. The smallest absolute Gasteiger partial charge is 0.223 e. The number of carbonyl (C=O) groups is 1. The fourth-order valence-corrected chi connectivity index (χ4v) is 3.60. The van der Waals surface area contributed by atoms with Crippen molar-refractivity contribution in [3.63, 3.8) is 0 Å². The summed E-state index contributed by atoms with van der Waals surface area (Å²) in [5.41, 5.74) is 2.16. The normalized spacial score (nSPS) is 11.7. The Balaban J connectivity index is 2.06. The number of amides is 1. The van der Waals surface area contributed by atoms with E-state index in [9.17, 15) is 4.79 Å². The van der Waals surface area contributed by atoms with Crippen LogP contribution >= 0.6 is 0 Å². The third kappa shape index (κ3) is 8.28. The fraction of sp³-hybridized carbons (Fsp3) is 0.519. The molecule has 2 rings (SSSR count). The van der Waals surface area contributed by atoms with E-state index in [4.69, 9.17) is 9.47 Å². The maximum Gasteiger partial charge on any atom is 0.223 e. The molecule has 0 spiro atoms. The molecular formula is C27H39NO3. The second kappa shape index (κ2) is 13.7. The van der Waals surface area contributed by atoms with Crippen molar-refractivity contribution in [2.75, 3.05) is 7.11 Å². The van der Waals surface area contributed by atoms with E-state index in [0.29, 0.717) is 31.1 Å². The molecule has 0 radical (unpaired) electrons. The molecule has 170 valence electrons. The second-order valence-corrected chi connectivity index (χ2v) is 8.20. The van der Waals surface area contributed by atoms with Crippen LogP contribution in [0, 0.1) is 0 Å². The molecular weight excluding hydrogens is 386 g/mol. The zero-order chi connectivity index (χ0) is 22.5. The van der Waals surface area contributed by atoms with Crippen molar-refractivity contribution in [3.8, 4) is 11.5 Å². The summed E-state index contributed by atoms with van der Waals surface area (Å²) in [5, 5.41) is 0. The summed E-state index contributed by atoms with van der Waals surface area (Å²) < 4.78 is 11.5. The zero-order valence-corrected chi connectivity index (χ0v) is 19.7. The average Bonchev–Trinajstić information content (AvgIpc) is 2.81. The summed E-state index contributed by atoms with van der Waals surface area (Å²) in [6.45, 7) is 7.54. The standard InChI is InChI=1S/C27H39NO3/c1-5-7-8-9-13-16-27(29)28(22(3)6-2)20-24-17-18-25(30-4)26(19-24)31-21-23-14-11-10-12-15-23/h10-12,14-15,17-19,22H,5-9,13,16,20-21H2,1-4H3. The lowest BCUT2D eigenvalue weighted by atomic mass is 10.1. The summed E-state index contributed by atoms with van der Waals surface area (Å²) in [6, 6.07) is 16.3. The first-order valence-corrected chi connectivity index (χ1v) is 11.7. The van der Waals surface area contributed by atoms with Gasteiger partial charge >= 0.3 is 0 Å². The molecule has 31 heavy (non-hydrogen) atoms. The van der Waals surface area contributed by atoms with Crippen LogP contribution in [0.5, 0.6) is 11.5 Å². The Hall–Kier alpha value is -2.49. The van der Waals surface area contributed by atoms with Crippen LogP contribution in [-0.4, -0.2) is 24.0 Å². The molecule has 0 aliphatic heterocycles. The van der Waals surface area contributed by atoms with Crippen LogP contribution in [0.25, 0.3) is 0 Å². The molecule has 0 bridgehead atoms. The van der Waals surface area contributed by atoms with Gasteiger partial charge in [0, 0.05) is 19.0 Å². The van der Waals surface area contributed by atoms with Crippen LogP contribution < -0.4 is 9.47 Å². The number of rotatable bonds is 14. The summed E-state index contributed by atoms with van der Waals surface area (Å²) in [7, 11) is 1.65. The van der Waals surface area contributed by atoms with Gasteiger partial charge in [0.05, 0.1) is 7.11 Å². The first kappa shape index (κ1) is 24.8. The lowest BCUT2D eigenvalue weighted by Crippen LogP contribution is -2.37. The van der Waals surface area contributed by atoms with Crippen molar-refractivity contribution in [1.29, 1.82) is 0 Å². The van der Waals surface area contributed by atoms with Crippen molar-refractivity contribution >= 4 is 5.91 Å². The maximum absolute atomic E-state index is 13.0. The zero-order valence-electron chi connectivity index (χ0n) is 19.7. The Bertz CT molecular complexity index is 775. The molecule has 0 heterocycles. The Morgan fingerprint density at radius 2 is 1.68 bits per heavy atom. The van der Waals surface area contributed by atoms with E-state index >= 15 is 0 Å². The molecule has 0 saturated carbocycles. The first-order chi connectivity index (χ1) is 15.1. The monoisotopic (exact) mass is 425 g/mol. The minimum Gasteiger partial charge on any atom is -0.493 e. The van der Waals surface area contributed by atoms with E-state index in [1.165, 1.54) is 19.3 Å². The second-order valence-electron chi connectivity index (χ2n) is 8.20. The van der Waals surface area contributed by atoms with Crippen LogP contribution in [0.15, 0.2) is 48.5 Å².